The van der Waals surface area contributed by atoms with E-state index in [9.17, 15) is 4.79 Å². The molecule has 162 valence electrons. The summed E-state index contributed by atoms with van der Waals surface area (Å²) in [6, 6.07) is 17.3. The molecule has 4 aromatic rings. The Bertz CT molecular complexity index is 1220. The summed E-state index contributed by atoms with van der Waals surface area (Å²) in [5.41, 5.74) is 4.87. The Morgan fingerprint density at radius 3 is 2.38 bits per heavy atom. The molecule has 0 spiro atoms. The molecule has 0 aliphatic heterocycles. The smallest absolute Gasteiger partial charge is 0.196 e. The van der Waals surface area contributed by atoms with E-state index in [0.717, 1.165) is 24.1 Å². The second-order valence-corrected chi connectivity index (χ2v) is 8.56. The highest BCUT2D eigenvalue weighted by Gasteiger charge is 2.21. The lowest BCUT2D eigenvalue weighted by molar-refractivity contribution is 0.102. The SMILES string of the molecule is CCc1cccc(CC)c1-n1c(SCC(=O)c2ccccc2Cl)nnc1-c1cccnc1. The first-order valence-corrected chi connectivity index (χ1v) is 11.9. The van der Waals surface area contributed by atoms with Crippen LogP contribution in [0.5, 0.6) is 0 Å². The first kappa shape index (κ1) is 22.2. The lowest BCUT2D eigenvalue weighted by atomic mass is 10.0. The Hall–Kier alpha value is -2.96. The van der Waals surface area contributed by atoms with Crippen LogP contribution in [-0.2, 0) is 12.8 Å². The fourth-order valence-corrected chi connectivity index (χ4v) is 4.71. The summed E-state index contributed by atoms with van der Waals surface area (Å²) in [6.45, 7) is 4.28. The zero-order valence-electron chi connectivity index (χ0n) is 18.0. The number of aromatic nitrogens is 4. The number of para-hydroxylation sites is 1. The van der Waals surface area contributed by atoms with E-state index in [-0.39, 0.29) is 11.5 Å². The van der Waals surface area contributed by atoms with E-state index in [2.05, 4.69) is 51.8 Å². The van der Waals surface area contributed by atoms with Crippen LogP contribution in [0.3, 0.4) is 0 Å². The van der Waals surface area contributed by atoms with Gasteiger partial charge in [-0.25, -0.2) is 0 Å². The lowest BCUT2D eigenvalue weighted by Gasteiger charge is -2.17. The Balaban J connectivity index is 1.79. The molecule has 0 atom stereocenters. The average molecular weight is 463 g/mol. The van der Waals surface area contributed by atoms with Crippen molar-refractivity contribution in [1.29, 1.82) is 0 Å². The molecule has 4 rings (SSSR count). The number of pyridine rings is 1. The molecule has 0 unspecified atom stereocenters. The molecule has 0 saturated carbocycles. The van der Waals surface area contributed by atoms with Gasteiger partial charge in [-0.05, 0) is 48.2 Å². The summed E-state index contributed by atoms with van der Waals surface area (Å²) >= 11 is 7.59. The van der Waals surface area contributed by atoms with Crippen molar-refractivity contribution in [3.63, 3.8) is 0 Å². The van der Waals surface area contributed by atoms with Crippen LogP contribution in [-0.4, -0.2) is 31.3 Å². The predicted octanol–water partition coefficient (Wildman–Crippen LogP) is 6.08. The number of Topliss-reactive ketones (excluding diaryl/α,β-unsaturated/α-hetero) is 1. The van der Waals surface area contributed by atoms with Gasteiger partial charge in [0.15, 0.2) is 16.8 Å². The lowest BCUT2D eigenvalue weighted by Crippen LogP contribution is -2.09. The minimum absolute atomic E-state index is 0.0439. The second-order valence-electron chi connectivity index (χ2n) is 7.21. The molecule has 0 bridgehead atoms. The van der Waals surface area contributed by atoms with Crippen LogP contribution >= 0.6 is 23.4 Å². The Morgan fingerprint density at radius 2 is 1.72 bits per heavy atom. The fraction of sp³-hybridized carbons (Fsp3) is 0.200. The van der Waals surface area contributed by atoms with Crippen LogP contribution in [0.1, 0.15) is 35.3 Å². The molecule has 32 heavy (non-hydrogen) atoms. The highest BCUT2D eigenvalue weighted by Crippen LogP contribution is 2.32. The van der Waals surface area contributed by atoms with Crippen LogP contribution in [0.15, 0.2) is 72.1 Å². The van der Waals surface area contributed by atoms with Gasteiger partial charge in [0, 0.05) is 23.5 Å². The van der Waals surface area contributed by atoms with Gasteiger partial charge in [0.1, 0.15) is 0 Å². The standard InChI is InChI=1S/C25H23ClN4OS/c1-3-17-9-7-10-18(4-2)23(17)30-24(19-11-8-14-27-15-19)28-29-25(30)32-16-22(31)20-12-5-6-13-21(20)26/h5-15H,3-4,16H2,1-2H3. The summed E-state index contributed by atoms with van der Waals surface area (Å²) in [6.07, 6.45) is 5.26. The first-order valence-electron chi connectivity index (χ1n) is 10.5. The molecule has 2 aromatic heterocycles. The van der Waals surface area contributed by atoms with E-state index in [1.54, 1.807) is 24.5 Å². The molecule has 0 radical (unpaired) electrons. The number of halogens is 1. The van der Waals surface area contributed by atoms with Gasteiger partial charge >= 0.3 is 0 Å². The second kappa shape index (κ2) is 10.1. The average Bonchev–Trinajstić information content (AvgIpc) is 3.26. The highest BCUT2D eigenvalue weighted by atomic mass is 35.5. The molecule has 2 heterocycles. The van der Waals surface area contributed by atoms with Crippen molar-refractivity contribution in [3.05, 3.63) is 88.7 Å². The number of hydrogen-bond acceptors (Lipinski definition) is 5. The van der Waals surface area contributed by atoms with Crippen molar-refractivity contribution in [2.75, 3.05) is 5.75 Å². The maximum atomic E-state index is 12.8. The van der Waals surface area contributed by atoms with Gasteiger partial charge in [-0.3, -0.25) is 14.3 Å². The van der Waals surface area contributed by atoms with Crippen molar-refractivity contribution in [1.82, 2.24) is 19.7 Å². The van der Waals surface area contributed by atoms with Crippen LogP contribution in [0.2, 0.25) is 5.02 Å². The Labute approximate surface area is 196 Å². The van der Waals surface area contributed by atoms with Crippen LogP contribution in [0.4, 0.5) is 0 Å². The summed E-state index contributed by atoms with van der Waals surface area (Å²) in [7, 11) is 0. The quantitative estimate of drug-likeness (QED) is 0.234. The van der Waals surface area contributed by atoms with Gasteiger partial charge in [-0.1, -0.05) is 67.5 Å². The minimum atomic E-state index is -0.0439. The summed E-state index contributed by atoms with van der Waals surface area (Å²) < 4.78 is 2.07. The fourth-order valence-electron chi connectivity index (χ4n) is 3.64. The molecule has 0 aliphatic carbocycles. The number of carbonyl (C=O) groups is 1. The molecule has 5 nitrogen and oxygen atoms in total. The topological polar surface area (TPSA) is 60.7 Å². The zero-order chi connectivity index (χ0) is 22.5. The number of hydrogen-bond donors (Lipinski definition) is 0. The third-order valence-electron chi connectivity index (χ3n) is 5.25. The summed E-state index contributed by atoms with van der Waals surface area (Å²) in [5.74, 6) is 0.879. The molecule has 0 N–H and O–H groups in total. The molecule has 2 aromatic carbocycles. The number of carbonyl (C=O) groups excluding carboxylic acids is 1. The van der Waals surface area contributed by atoms with Crippen molar-refractivity contribution in [2.24, 2.45) is 0 Å². The number of benzene rings is 2. The highest BCUT2D eigenvalue weighted by molar-refractivity contribution is 7.99. The van der Waals surface area contributed by atoms with Gasteiger partial charge < -0.3 is 0 Å². The maximum absolute atomic E-state index is 12.8. The predicted molar refractivity (Wildman–Crippen MR) is 130 cm³/mol. The Kier molecular flexibility index (Phi) is 7.02. The van der Waals surface area contributed by atoms with E-state index in [1.165, 1.54) is 22.9 Å². The summed E-state index contributed by atoms with van der Waals surface area (Å²) in [5, 5.41) is 10.1. The first-order chi connectivity index (χ1) is 15.6. The van der Waals surface area contributed by atoms with Crippen LogP contribution < -0.4 is 0 Å². The number of ketones is 1. The Morgan fingerprint density at radius 1 is 0.969 bits per heavy atom. The molecular formula is C25H23ClN4OS. The monoisotopic (exact) mass is 462 g/mol. The molecule has 0 fully saturated rings. The number of aryl methyl sites for hydroxylation is 2. The van der Waals surface area contributed by atoms with E-state index >= 15 is 0 Å². The van der Waals surface area contributed by atoms with Crippen LogP contribution in [0, 0.1) is 0 Å². The van der Waals surface area contributed by atoms with Crippen LogP contribution in [0.25, 0.3) is 17.1 Å². The number of nitrogens with zero attached hydrogens (tertiary/aromatic N) is 4. The van der Waals surface area contributed by atoms with Gasteiger partial charge in [-0.2, -0.15) is 0 Å². The van der Waals surface area contributed by atoms with Crippen molar-refractivity contribution >= 4 is 29.1 Å². The molecule has 0 aliphatic rings. The van der Waals surface area contributed by atoms with Gasteiger partial charge in [0.2, 0.25) is 0 Å². The molecule has 7 heteroatoms. The van der Waals surface area contributed by atoms with Gasteiger partial charge in [0.05, 0.1) is 16.5 Å². The molecular weight excluding hydrogens is 440 g/mol. The van der Waals surface area contributed by atoms with E-state index in [0.29, 0.717) is 21.6 Å². The van der Waals surface area contributed by atoms with Gasteiger partial charge in [0.25, 0.3) is 0 Å². The summed E-state index contributed by atoms with van der Waals surface area (Å²) in [4.78, 5) is 17.1. The molecule has 0 amide bonds. The van der Waals surface area contributed by atoms with Gasteiger partial charge in [-0.15, -0.1) is 10.2 Å². The largest absolute Gasteiger partial charge is 0.293 e. The minimum Gasteiger partial charge on any atom is -0.293 e. The number of thioether (sulfide) groups is 1. The van der Waals surface area contributed by atoms with Crippen molar-refractivity contribution < 1.29 is 4.79 Å². The van der Waals surface area contributed by atoms with E-state index < -0.39 is 0 Å². The third-order valence-corrected chi connectivity index (χ3v) is 6.51. The van der Waals surface area contributed by atoms with E-state index in [4.69, 9.17) is 11.6 Å². The maximum Gasteiger partial charge on any atom is 0.196 e. The number of rotatable bonds is 8. The van der Waals surface area contributed by atoms with Crippen molar-refractivity contribution in [3.8, 4) is 17.1 Å². The third kappa shape index (κ3) is 4.47. The van der Waals surface area contributed by atoms with Crippen molar-refractivity contribution in [2.45, 2.75) is 31.8 Å². The normalized spacial score (nSPS) is 11.0. The van der Waals surface area contributed by atoms with E-state index in [1.807, 2.05) is 24.3 Å². The zero-order valence-corrected chi connectivity index (χ0v) is 19.5. The molecule has 0 saturated heterocycles.